The predicted octanol–water partition coefficient (Wildman–Crippen LogP) is 3.26. The number of nitrogens with zero attached hydrogens (tertiary/aromatic N) is 1. The summed E-state index contributed by atoms with van der Waals surface area (Å²) in [6.07, 6.45) is 0. The summed E-state index contributed by atoms with van der Waals surface area (Å²) in [5.74, 6) is -0.281. The Kier molecular flexibility index (Phi) is 6.28. The summed E-state index contributed by atoms with van der Waals surface area (Å²) in [6.45, 7) is 3.66. The summed E-state index contributed by atoms with van der Waals surface area (Å²) >= 11 is 5.91. The number of rotatable bonds is 6. The highest BCUT2D eigenvalue weighted by Crippen LogP contribution is 2.23. The third-order valence-electron chi connectivity index (χ3n) is 3.86. The van der Waals surface area contributed by atoms with E-state index in [1.54, 1.807) is 37.3 Å². The minimum Gasteiger partial charge on any atom is -0.376 e. The molecule has 0 unspecified atom stereocenters. The van der Waals surface area contributed by atoms with E-state index in [0.717, 1.165) is 15.6 Å². The van der Waals surface area contributed by atoms with Crippen LogP contribution < -0.4 is 10.6 Å². The number of hydrogen-bond donors (Lipinski definition) is 2. The van der Waals surface area contributed by atoms with Crippen molar-refractivity contribution in [2.24, 2.45) is 0 Å². The van der Waals surface area contributed by atoms with E-state index in [1.807, 2.05) is 6.92 Å². The maximum atomic E-state index is 12.4. The number of benzene rings is 2. The smallest absolute Gasteiger partial charge is 0.243 e. The zero-order chi connectivity index (χ0) is 19.5. The van der Waals surface area contributed by atoms with Gasteiger partial charge >= 0.3 is 0 Å². The van der Waals surface area contributed by atoms with Crippen molar-refractivity contribution in [2.75, 3.05) is 31.3 Å². The molecule has 0 aromatic heterocycles. The van der Waals surface area contributed by atoms with E-state index < -0.39 is 10.0 Å². The van der Waals surface area contributed by atoms with Gasteiger partial charge in [0, 0.05) is 30.5 Å². The maximum Gasteiger partial charge on any atom is 0.243 e. The molecule has 0 saturated carbocycles. The number of carbonyl (C=O) groups is 1. The molecular weight excluding hydrogens is 374 g/mol. The molecule has 26 heavy (non-hydrogen) atoms. The molecule has 0 spiro atoms. The zero-order valence-corrected chi connectivity index (χ0v) is 16.7. The van der Waals surface area contributed by atoms with Crippen molar-refractivity contribution in [3.8, 4) is 0 Å². The fourth-order valence-electron chi connectivity index (χ4n) is 2.36. The largest absolute Gasteiger partial charge is 0.376 e. The lowest BCUT2D eigenvalue weighted by Crippen LogP contribution is -2.24. The minimum absolute atomic E-state index is 0.0477. The Morgan fingerprint density at radius 2 is 1.77 bits per heavy atom. The van der Waals surface area contributed by atoms with Crippen LogP contribution in [0.3, 0.4) is 0 Å². The van der Waals surface area contributed by atoms with Gasteiger partial charge in [-0.05, 0) is 55.3 Å². The van der Waals surface area contributed by atoms with Crippen molar-refractivity contribution < 1.29 is 13.2 Å². The van der Waals surface area contributed by atoms with Crippen LogP contribution in [-0.4, -0.2) is 39.3 Å². The first-order chi connectivity index (χ1) is 12.1. The molecular formula is C18H22ClN3O3S. The quantitative estimate of drug-likeness (QED) is 0.786. The first-order valence-electron chi connectivity index (χ1n) is 7.94. The highest BCUT2D eigenvalue weighted by molar-refractivity contribution is 7.89. The van der Waals surface area contributed by atoms with Gasteiger partial charge in [-0.2, -0.15) is 0 Å². The molecule has 140 valence electrons. The van der Waals surface area contributed by atoms with Crippen LogP contribution in [0.1, 0.15) is 11.1 Å². The summed E-state index contributed by atoms with van der Waals surface area (Å²) < 4.78 is 25.9. The fourth-order valence-corrected chi connectivity index (χ4v) is 3.73. The SMILES string of the molecule is Cc1cc(Cl)ccc1NCC(=O)Nc1ccc(C)c(S(=O)(=O)N(C)C)c1. The lowest BCUT2D eigenvalue weighted by molar-refractivity contribution is -0.114. The average Bonchev–Trinajstić information content (AvgIpc) is 2.55. The second-order valence-corrected chi connectivity index (χ2v) is 8.69. The van der Waals surface area contributed by atoms with Gasteiger partial charge in [-0.25, -0.2) is 12.7 Å². The molecule has 0 aliphatic rings. The molecule has 0 aliphatic carbocycles. The van der Waals surface area contributed by atoms with Gasteiger partial charge in [-0.1, -0.05) is 17.7 Å². The van der Waals surface area contributed by atoms with E-state index in [0.29, 0.717) is 16.3 Å². The Balaban J connectivity index is 2.10. The topological polar surface area (TPSA) is 78.5 Å². The Hall–Kier alpha value is -2.09. The van der Waals surface area contributed by atoms with Crippen molar-refractivity contribution in [3.05, 3.63) is 52.5 Å². The highest BCUT2D eigenvalue weighted by Gasteiger charge is 2.20. The summed E-state index contributed by atoms with van der Waals surface area (Å²) in [5, 5.41) is 6.38. The number of nitrogens with one attached hydrogen (secondary N) is 2. The molecule has 1 amide bonds. The van der Waals surface area contributed by atoms with Crippen LogP contribution in [0.2, 0.25) is 5.02 Å². The predicted molar refractivity (Wildman–Crippen MR) is 105 cm³/mol. The van der Waals surface area contributed by atoms with E-state index in [9.17, 15) is 13.2 Å². The number of carbonyl (C=O) groups excluding carboxylic acids is 1. The third kappa shape index (κ3) is 4.75. The Labute approximate surface area is 159 Å². The maximum absolute atomic E-state index is 12.4. The van der Waals surface area contributed by atoms with Crippen LogP contribution in [-0.2, 0) is 14.8 Å². The van der Waals surface area contributed by atoms with Crippen molar-refractivity contribution in [2.45, 2.75) is 18.7 Å². The fraction of sp³-hybridized carbons (Fsp3) is 0.278. The van der Waals surface area contributed by atoms with Crippen molar-refractivity contribution in [1.29, 1.82) is 0 Å². The number of sulfonamides is 1. The van der Waals surface area contributed by atoms with Gasteiger partial charge < -0.3 is 10.6 Å². The molecule has 0 fully saturated rings. The van der Waals surface area contributed by atoms with Gasteiger partial charge in [0.1, 0.15) is 0 Å². The number of amides is 1. The molecule has 8 heteroatoms. The van der Waals surface area contributed by atoms with E-state index in [1.165, 1.54) is 20.2 Å². The molecule has 0 aliphatic heterocycles. The molecule has 2 rings (SSSR count). The monoisotopic (exact) mass is 395 g/mol. The van der Waals surface area contributed by atoms with E-state index in [4.69, 9.17) is 11.6 Å². The van der Waals surface area contributed by atoms with Crippen LogP contribution >= 0.6 is 11.6 Å². The van der Waals surface area contributed by atoms with Gasteiger partial charge in [-0.15, -0.1) is 0 Å². The van der Waals surface area contributed by atoms with Crippen LogP contribution in [0.15, 0.2) is 41.3 Å². The lowest BCUT2D eigenvalue weighted by atomic mass is 10.2. The third-order valence-corrected chi connectivity index (χ3v) is 6.05. The lowest BCUT2D eigenvalue weighted by Gasteiger charge is -2.15. The first kappa shape index (κ1) is 20.2. The van der Waals surface area contributed by atoms with Gasteiger partial charge in [0.25, 0.3) is 0 Å². The number of halogens is 1. The number of hydrogen-bond acceptors (Lipinski definition) is 4. The molecule has 0 radical (unpaired) electrons. The van der Waals surface area contributed by atoms with Gasteiger partial charge in [-0.3, -0.25) is 4.79 Å². The molecule has 0 heterocycles. The molecule has 0 saturated heterocycles. The molecule has 2 N–H and O–H groups in total. The van der Waals surface area contributed by atoms with E-state index in [-0.39, 0.29) is 17.3 Å². The zero-order valence-electron chi connectivity index (χ0n) is 15.1. The number of aryl methyl sites for hydroxylation is 2. The van der Waals surface area contributed by atoms with E-state index in [2.05, 4.69) is 10.6 Å². The normalized spacial score (nSPS) is 11.5. The Morgan fingerprint density at radius 3 is 2.38 bits per heavy atom. The van der Waals surface area contributed by atoms with Gasteiger partial charge in [0.05, 0.1) is 11.4 Å². The number of anilines is 2. The van der Waals surface area contributed by atoms with Crippen LogP contribution in [0.5, 0.6) is 0 Å². The van der Waals surface area contributed by atoms with Crippen molar-refractivity contribution in [3.63, 3.8) is 0 Å². The summed E-state index contributed by atoms with van der Waals surface area (Å²) in [5.41, 5.74) is 2.78. The van der Waals surface area contributed by atoms with Crippen LogP contribution in [0.25, 0.3) is 0 Å². The highest BCUT2D eigenvalue weighted by atomic mass is 35.5. The summed E-state index contributed by atoms with van der Waals surface area (Å²) in [7, 11) is -0.636. The Bertz CT molecular complexity index is 927. The molecule has 0 atom stereocenters. The summed E-state index contributed by atoms with van der Waals surface area (Å²) in [6, 6.07) is 10.2. The second kappa shape index (κ2) is 8.07. The van der Waals surface area contributed by atoms with Gasteiger partial charge in [0.2, 0.25) is 15.9 Å². The molecule has 2 aromatic carbocycles. The molecule has 6 nitrogen and oxygen atoms in total. The van der Waals surface area contributed by atoms with E-state index >= 15 is 0 Å². The first-order valence-corrected chi connectivity index (χ1v) is 9.76. The van der Waals surface area contributed by atoms with Crippen LogP contribution in [0, 0.1) is 13.8 Å². The van der Waals surface area contributed by atoms with Gasteiger partial charge in [0.15, 0.2) is 0 Å². The summed E-state index contributed by atoms with van der Waals surface area (Å²) in [4.78, 5) is 12.4. The molecule has 2 aromatic rings. The Morgan fingerprint density at radius 1 is 1.08 bits per heavy atom. The molecule has 0 bridgehead atoms. The standard InChI is InChI=1S/C18H22ClN3O3S/c1-12-5-7-15(10-17(12)26(24,25)22(3)4)21-18(23)11-20-16-8-6-14(19)9-13(16)2/h5-10,20H,11H2,1-4H3,(H,21,23). The second-order valence-electron chi connectivity index (χ2n) is 6.13. The van der Waals surface area contributed by atoms with Crippen molar-refractivity contribution in [1.82, 2.24) is 4.31 Å². The van der Waals surface area contributed by atoms with Crippen LogP contribution in [0.4, 0.5) is 11.4 Å². The van der Waals surface area contributed by atoms with Crippen molar-refractivity contribution >= 4 is 38.9 Å². The minimum atomic E-state index is -3.58. The average molecular weight is 396 g/mol.